The van der Waals surface area contributed by atoms with Crippen LogP contribution in [0.4, 0.5) is 17.2 Å². The molecule has 1 unspecified atom stereocenters. The number of unbranched alkanes of at least 4 members (excludes halogenated alkanes) is 3. The molecule has 45 heavy (non-hydrogen) atoms. The third-order valence-corrected chi connectivity index (χ3v) is 8.50. The van der Waals surface area contributed by atoms with Crippen molar-refractivity contribution in [1.82, 2.24) is 15.1 Å². The average Bonchev–Trinajstić information content (AvgIpc) is 3.07. The number of phenolic OH excluding ortho intramolecular Hbond substituents is 1. The summed E-state index contributed by atoms with van der Waals surface area (Å²) in [5.74, 6) is 0.878. The number of para-hydroxylation sites is 1. The highest BCUT2D eigenvalue weighted by Crippen LogP contribution is 2.32. The first-order valence-electron chi connectivity index (χ1n) is 16.1. The Bertz CT molecular complexity index is 1390. The minimum absolute atomic E-state index is 0.0328. The van der Waals surface area contributed by atoms with Gasteiger partial charge in [0.25, 0.3) is 0 Å². The first kappa shape index (κ1) is 32.2. The second-order valence-corrected chi connectivity index (χ2v) is 11.7. The van der Waals surface area contributed by atoms with E-state index in [9.17, 15) is 5.11 Å². The van der Waals surface area contributed by atoms with Crippen molar-refractivity contribution in [2.24, 2.45) is 5.11 Å². The van der Waals surface area contributed by atoms with Crippen LogP contribution in [0.5, 0.6) is 11.5 Å². The number of hydrogen-bond acceptors (Lipinski definition) is 10. The van der Waals surface area contributed by atoms with E-state index in [-0.39, 0.29) is 17.7 Å². The van der Waals surface area contributed by atoms with Gasteiger partial charge in [-0.3, -0.25) is 4.90 Å². The van der Waals surface area contributed by atoms with Gasteiger partial charge in [-0.15, -0.1) is 10.2 Å². The van der Waals surface area contributed by atoms with Gasteiger partial charge in [-0.05, 0) is 67.6 Å². The lowest BCUT2D eigenvalue weighted by Gasteiger charge is -2.37. The third kappa shape index (κ3) is 9.37. The molecule has 2 aliphatic heterocycles. The van der Waals surface area contributed by atoms with Gasteiger partial charge in [0.2, 0.25) is 0 Å². The zero-order valence-corrected chi connectivity index (χ0v) is 26.0. The molecule has 12 nitrogen and oxygen atoms in total. The number of aromatic hydroxyl groups is 1. The molecular weight excluding hydrogens is 570 g/mol. The third-order valence-electron chi connectivity index (χ3n) is 8.50. The number of benzene rings is 2. The molecule has 0 amide bonds. The lowest BCUT2D eigenvalue weighted by atomic mass is 10.1. The smallest absolute Gasteiger partial charge is 0.188 e. The molecule has 3 N–H and O–H groups in total. The van der Waals surface area contributed by atoms with Crippen LogP contribution in [0.25, 0.3) is 21.7 Å². The highest BCUT2D eigenvalue weighted by atomic mass is 16.5. The van der Waals surface area contributed by atoms with Crippen LogP contribution in [0.3, 0.4) is 0 Å². The molecule has 0 radical (unpaired) electrons. The first-order chi connectivity index (χ1) is 22.1. The van der Waals surface area contributed by atoms with Crippen molar-refractivity contribution < 1.29 is 14.6 Å². The van der Waals surface area contributed by atoms with Gasteiger partial charge in [-0.25, -0.2) is 0 Å². The molecular formula is C33H45N9O3. The lowest BCUT2D eigenvalue weighted by molar-refractivity contribution is 0.0985. The van der Waals surface area contributed by atoms with Crippen LogP contribution in [0, 0.1) is 0 Å². The van der Waals surface area contributed by atoms with E-state index in [1.165, 1.54) is 11.4 Å². The fourth-order valence-corrected chi connectivity index (χ4v) is 5.93. The summed E-state index contributed by atoms with van der Waals surface area (Å²) in [5, 5.41) is 22.1. The van der Waals surface area contributed by atoms with Crippen LogP contribution < -0.4 is 20.3 Å². The molecule has 2 fully saturated rings. The van der Waals surface area contributed by atoms with Crippen molar-refractivity contribution in [3.8, 4) is 22.8 Å². The Hall–Kier alpha value is -4.25. The number of nitrogens with zero attached hydrogens (tertiary/aromatic N) is 8. The van der Waals surface area contributed by atoms with Crippen molar-refractivity contribution in [2.45, 2.75) is 44.6 Å². The second kappa shape index (κ2) is 16.7. The molecule has 3 aromatic rings. The highest BCUT2D eigenvalue weighted by Gasteiger charge is 2.24. The molecule has 12 heteroatoms. The minimum Gasteiger partial charge on any atom is -0.507 e. The summed E-state index contributed by atoms with van der Waals surface area (Å²) in [6, 6.07) is 17.7. The number of ether oxygens (including phenoxy) is 2. The summed E-state index contributed by atoms with van der Waals surface area (Å²) in [6.07, 6.45) is 6.13. The van der Waals surface area contributed by atoms with Gasteiger partial charge in [0.15, 0.2) is 11.6 Å². The van der Waals surface area contributed by atoms with Gasteiger partial charge in [-0.2, -0.15) is 0 Å². The van der Waals surface area contributed by atoms with Crippen LogP contribution in [0.1, 0.15) is 38.5 Å². The SMILES string of the molecule is [N-]=[N+]=NCCCCCCOCCN1CCN(c2ccc(N3CCCC(Oc4cc(-c5ccccc5O)nnc4N)C3)cc2)CC1. The first-order valence-corrected chi connectivity index (χ1v) is 16.1. The molecule has 0 bridgehead atoms. The molecule has 0 saturated carbocycles. The Kier molecular flexibility index (Phi) is 11.9. The maximum atomic E-state index is 10.2. The number of anilines is 3. The molecule has 1 aromatic heterocycles. The Morgan fingerprint density at radius 3 is 2.44 bits per heavy atom. The van der Waals surface area contributed by atoms with E-state index >= 15 is 0 Å². The number of hydrogen-bond donors (Lipinski definition) is 2. The van der Waals surface area contributed by atoms with Crippen LogP contribution >= 0.6 is 0 Å². The van der Waals surface area contributed by atoms with Crippen LogP contribution in [0.2, 0.25) is 0 Å². The monoisotopic (exact) mass is 615 g/mol. The summed E-state index contributed by atoms with van der Waals surface area (Å²) >= 11 is 0. The van der Waals surface area contributed by atoms with E-state index in [2.05, 4.69) is 59.2 Å². The number of rotatable bonds is 15. The highest BCUT2D eigenvalue weighted by molar-refractivity contribution is 5.68. The van der Waals surface area contributed by atoms with E-state index < -0.39 is 0 Å². The zero-order chi connectivity index (χ0) is 31.3. The van der Waals surface area contributed by atoms with Gasteiger partial charge in [0.05, 0.1) is 13.2 Å². The summed E-state index contributed by atoms with van der Waals surface area (Å²) in [7, 11) is 0. The summed E-state index contributed by atoms with van der Waals surface area (Å²) in [6.45, 7) is 8.96. The van der Waals surface area contributed by atoms with E-state index in [4.69, 9.17) is 20.7 Å². The molecule has 0 aliphatic carbocycles. The summed E-state index contributed by atoms with van der Waals surface area (Å²) in [4.78, 5) is 10.1. The lowest BCUT2D eigenvalue weighted by Crippen LogP contribution is -2.47. The summed E-state index contributed by atoms with van der Waals surface area (Å²) < 4.78 is 12.2. The van der Waals surface area contributed by atoms with E-state index in [0.29, 0.717) is 23.6 Å². The average molecular weight is 616 g/mol. The van der Waals surface area contributed by atoms with Gasteiger partial charge in [-0.1, -0.05) is 30.1 Å². The number of piperazine rings is 1. The Labute approximate surface area is 265 Å². The van der Waals surface area contributed by atoms with Crippen molar-refractivity contribution >= 4 is 17.2 Å². The number of nitrogen functional groups attached to an aromatic ring is 1. The standard InChI is InChI=1S/C33H45N9O3/c34-33-32(24-30(37-38-33)29-9-3-4-10-31(29)43)45-28-8-7-16-42(25-28)27-13-11-26(12-14-27)41-19-17-40(18-20-41)21-23-44-22-6-2-1-5-15-36-39-35/h3-4,9-14,24,28,43H,1-2,5-8,15-23,25H2,(H2,34,38). The zero-order valence-electron chi connectivity index (χ0n) is 26.0. The second-order valence-electron chi connectivity index (χ2n) is 11.7. The van der Waals surface area contributed by atoms with Gasteiger partial charge in [0.1, 0.15) is 17.5 Å². The number of azide groups is 1. The molecule has 0 spiro atoms. The molecule has 3 heterocycles. The maximum Gasteiger partial charge on any atom is 0.188 e. The number of phenols is 1. The topological polar surface area (TPSA) is 149 Å². The predicted molar refractivity (Wildman–Crippen MR) is 178 cm³/mol. The van der Waals surface area contributed by atoms with Crippen molar-refractivity contribution in [3.05, 3.63) is 65.0 Å². The van der Waals surface area contributed by atoms with Gasteiger partial charge >= 0.3 is 0 Å². The largest absolute Gasteiger partial charge is 0.507 e. The number of nitrogens with two attached hydrogens (primary N) is 1. The minimum atomic E-state index is -0.0328. The predicted octanol–water partition coefficient (Wildman–Crippen LogP) is 5.49. The molecule has 240 valence electrons. The maximum absolute atomic E-state index is 10.2. The fourth-order valence-electron chi connectivity index (χ4n) is 5.93. The van der Waals surface area contributed by atoms with E-state index in [1.807, 2.05) is 6.07 Å². The summed E-state index contributed by atoms with van der Waals surface area (Å²) in [5.41, 5.74) is 18.0. The molecule has 2 saturated heterocycles. The Morgan fingerprint density at radius 2 is 1.67 bits per heavy atom. The van der Waals surface area contributed by atoms with Crippen molar-refractivity contribution in [3.63, 3.8) is 0 Å². The van der Waals surface area contributed by atoms with Crippen LogP contribution in [-0.4, -0.2) is 91.9 Å². The molecule has 1 atom stereocenters. The van der Waals surface area contributed by atoms with E-state index in [1.54, 1.807) is 24.3 Å². The molecule has 2 aromatic carbocycles. The van der Waals surface area contributed by atoms with Crippen molar-refractivity contribution in [1.29, 1.82) is 0 Å². The van der Waals surface area contributed by atoms with Crippen LogP contribution in [0.15, 0.2) is 59.7 Å². The van der Waals surface area contributed by atoms with E-state index in [0.717, 1.165) is 97.6 Å². The fraction of sp³-hybridized carbons (Fsp3) is 0.515. The normalized spacial score (nSPS) is 17.2. The molecule has 2 aliphatic rings. The number of aromatic nitrogens is 2. The Balaban J connectivity index is 1.04. The number of piperidine rings is 1. The van der Waals surface area contributed by atoms with Crippen molar-refractivity contribution in [2.75, 3.05) is 81.1 Å². The van der Waals surface area contributed by atoms with Gasteiger partial charge in [0, 0.05) is 80.3 Å². The van der Waals surface area contributed by atoms with Gasteiger partial charge < -0.3 is 30.1 Å². The Morgan fingerprint density at radius 1 is 0.911 bits per heavy atom. The molecule has 5 rings (SSSR count). The van der Waals surface area contributed by atoms with Crippen LogP contribution in [-0.2, 0) is 4.74 Å². The quantitative estimate of drug-likeness (QED) is 0.0980.